The first kappa shape index (κ1) is 11.0. The van der Waals surface area contributed by atoms with E-state index in [0.29, 0.717) is 0 Å². The normalized spacial score (nSPS) is 8.38. The number of hydrogen-bond donors (Lipinski definition) is 2. The highest BCUT2D eigenvalue weighted by molar-refractivity contribution is 6.06. The van der Waals surface area contributed by atoms with Crippen LogP contribution in [0.2, 0.25) is 0 Å². The fraction of sp³-hybridized carbons (Fsp3) is 0. The molecule has 0 aliphatic heterocycles. The van der Waals surface area contributed by atoms with E-state index in [-0.39, 0.29) is 11.1 Å². The topological polar surface area (TPSA) is 129 Å². The Morgan fingerprint density at radius 2 is 1.19 bits per heavy atom. The summed E-state index contributed by atoms with van der Waals surface area (Å²) >= 11 is 0. The first-order valence-electron chi connectivity index (χ1n) is 3.86. The van der Waals surface area contributed by atoms with E-state index in [4.69, 9.17) is 21.3 Å². The molecule has 0 unspecified atom stereocenters. The third-order valence-corrected chi connectivity index (χ3v) is 1.88. The molecule has 0 saturated carbocycles. The van der Waals surface area contributed by atoms with Crippen LogP contribution in [-0.4, -0.2) is 11.7 Å². The van der Waals surface area contributed by atoms with E-state index in [1.165, 1.54) is 12.1 Å². The average Bonchev–Trinajstić information content (AvgIpc) is 2.33. The van der Waals surface area contributed by atoms with Gasteiger partial charge in [0.1, 0.15) is 23.3 Å². The summed E-state index contributed by atoms with van der Waals surface area (Å²) in [5.41, 5.74) is -3.42. The smallest absolute Gasteiger partial charge is 0.236 e. The van der Waals surface area contributed by atoms with Crippen molar-refractivity contribution < 1.29 is 0 Å². The van der Waals surface area contributed by atoms with Crippen molar-refractivity contribution in [2.75, 3.05) is 0 Å². The van der Waals surface area contributed by atoms with Crippen molar-refractivity contribution in [1.29, 1.82) is 21.3 Å². The zero-order chi connectivity index (χ0) is 12.3. The van der Waals surface area contributed by atoms with E-state index < -0.39 is 22.0 Å². The van der Waals surface area contributed by atoms with Crippen LogP contribution in [0.5, 0.6) is 0 Å². The van der Waals surface area contributed by atoms with Gasteiger partial charge in [0.25, 0.3) is 0 Å². The van der Waals surface area contributed by atoms with Gasteiger partial charge in [0.2, 0.25) is 10.9 Å². The van der Waals surface area contributed by atoms with Crippen LogP contribution in [-0.2, 0) is 0 Å². The van der Waals surface area contributed by atoms with Gasteiger partial charge in [-0.05, 0) is 11.7 Å². The minimum absolute atomic E-state index is 0.334. The largest absolute Gasteiger partial charge is 0.285 e. The highest BCUT2D eigenvalue weighted by Gasteiger charge is 2.27. The Labute approximate surface area is 88.7 Å². The van der Waals surface area contributed by atoms with Crippen LogP contribution in [0.25, 0.3) is 11.1 Å². The molecule has 0 aromatic heterocycles. The number of rotatable bonds is 2. The van der Waals surface area contributed by atoms with Crippen LogP contribution in [0.4, 0.5) is 0 Å². The molecular formula is C10H2N4O2. The van der Waals surface area contributed by atoms with Crippen LogP contribution in [0.1, 0.15) is 11.1 Å². The van der Waals surface area contributed by atoms with E-state index in [1.807, 2.05) is 0 Å². The molecule has 0 amide bonds. The molecule has 6 nitrogen and oxygen atoms in total. The lowest BCUT2D eigenvalue weighted by molar-refractivity contribution is 1.32. The molecule has 0 saturated heterocycles. The van der Waals surface area contributed by atoms with E-state index in [2.05, 4.69) is 0 Å². The molecule has 0 atom stereocenters. The summed E-state index contributed by atoms with van der Waals surface area (Å²) in [7, 11) is 0. The van der Waals surface area contributed by atoms with Crippen molar-refractivity contribution in [2.45, 2.75) is 0 Å². The first-order chi connectivity index (χ1) is 7.62. The second kappa shape index (κ2) is 4.00. The van der Waals surface area contributed by atoms with E-state index >= 15 is 0 Å². The van der Waals surface area contributed by atoms with Gasteiger partial charge in [0.05, 0.1) is 11.1 Å². The summed E-state index contributed by atoms with van der Waals surface area (Å²) in [6, 6.07) is 3.03. The Kier molecular flexibility index (Phi) is 2.76. The summed E-state index contributed by atoms with van der Waals surface area (Å²) in [4.78, 5) is 22.3. The Morgan fingerprint density at radius 1 is 0.875 bits per heavy atom. The molecule has 74 valence electrons. The number of nitriles is 2. The molecule has 0 fully saturated rings. The second-order valence-corrected chi connectivity index (χ2v) is 2.63. The predicted molar refractivity (Wildman–Crippen MR) is 54.8 cm³/mol. The summed E-state index contributed by atoms with van der Waals surface area (Å²) in [6.07, 6.45) is 0. The number of nitrogens with one attached hydrogen (secondary N) is 2. The quantitative estimate of drug-likeness (QED) is 0.390. The first-order valence-corrected chi connectivity index (χ1v) is 3.86. The monoisotopic (exact) mass is 210 g/mol. The van der Waals surface area contributed by atoms with Gasteiger partial charge in [0.15, 0.2) is 0 Å². The van der Waals surface area contributed by atoms with Crippen LogP contribution in [0.15, 0.2) is 9.59 Å². The molecule has 0 aliphatic carbocycles. The van der Waals surface area contributed by atoms with Gasteiger partial charge in [-0.2, -0.15) is 10.5 Å². The van der Waals surface area contributed by atoms with Crippen molar-refractivity contribution in [1.82, 2.24) is 0 Å². The lowest BCUT2D eigenvalue weighted by atomic mass is 9.91. The minimum atomic E-state index is -0.950. The Balaban J connectivity index is 3.68. The van der Waals surface area contributed by atoms with E-state index in [9.17, 15) is 9.59 Å². The molecule has 0 spiro atoms. The molecule has 0 aliphatic rings. The molecule has 2 N–H and O–H groups in total. The van der Waals surface area contributed by atoms with Crippen molar-refractivity contribution in [3.05, 3.63) is 31.6 Å². The van der Waals surface area contributed by atoms with Gasteiger partial charge in [-0.25, -0.2) is 0 Å². The van der Waals surface area contributed by atoms with Gasteiger partial charge in [-0.1, -0.05) is 0 Å². The molecule has 1 aromatic carbocycles. The van der Waals surface area contributed by atoms with Gasteiger partial charge in [-0.15, -0.1) is 0 Å². The molecule has 0 bridgehead atoms. The van der Waals surface area contributed by atoms with Crippen LogP contribution in [0.3, 0.4) is 0 Å². The molecule has 16 heavy (non-hydrogen) atoms. The predicted octanol–water partition coefficient (Wildman–Crippen LogP) is -0.407. The van der Waals surface area contributed by atoms with E-state index in [0.717, 1.165) is 0 Å². The van der Waals surface area contributed by atoms with Crippen molar-refractivity contribution in [3.8, 4) is 12.1 Å². The van der Waals surface area contributed by atoms with Crippen LogP contribution in [0, 0.1) is 33.5 Å². The molecule has 0 heterocycles. The third-order valence-electron chi connectivity index (χ3n) is 1.88. The summed E-state index contributed by atoms with van der Waals surface area (Å²) < 4.78 is 0. The Bertz CT molecular complexity index is 659. The SMILES string of the molecule is N#CC(=C=N)c1c(C(=C=N)C#N)c(=O)c1=O. The fourth-order valence-corrected chi connectivity index (χ4v) is 1.16. The van der Waals surface area contributed by atoms with Crippen molar-refractivity contribution in [3.63, 3.8) is 0 Å². The number of hydrogen-bond acceptors (Lipinski definition) is 6. The van der Waals surface area contributed by atoms with Gasteiger partial charge >= 0.3 is 0 Å². The lowest BCUT2D eigenvalue weighted by Crippen LogP contribution is -2.39. The molecule has 1 rings (SSSR count). The van der Waals surface area contributed by atoms with Gasteiger partial charge in [0, 0.05) is 0 Å². The second-order valence-electron chi connectivity index (χ2n) is 2.63. The lowest BCUT2D eigenvalue weighted by Gasteiger charge is -2.04. The Morgan fingerprint density at radius 3 is 1.38 bits per heavy atom. The summed E-state index contributed by atoms with van der Waals surface area (Å²) in [5, 5.41) is 30.7. The zero-order valence-electron chi connectivity index (χ0n) is 7.71. The molecular weight excluding hydrogens is 208 g/mol. The maximum Gasteiger partial charge on any atom is 0.236 e. The van der Waals surface area contributed by atoms with Crippen LogP contribution >= 0.6 is 0 Å². The van der Waals surface area contributed by atoms with Crippen molar-refractivity contribution in [2.24, 2.45) is 0 Å². The fourth-order valence-electron chi connectivity index (χ4n) is 1.16. The van der Waals surface area contributed by atoms with E-state index in [1.54, 1.807) is 11.7 Å². The minimum Gasteiger partial charge on any atom is -0.285 e. The van der Waals surface area contributed by atoms with Crippen LogP contribution < -0.4 is 10.9 Å². The maximum atomic E-state index is 11.2. The van der Waals surface area contributed by atoms with Crippen molar-refractivity contribution >= 4 is 22.9 Å². The Hall–Kier alpha value is -3.04. The summed E-state index contributed by atoms with van der Waals surface area (Å²) in [5.74, 6) is 3.40. The summed E-state index contributed by atoms with van der Waals surface area (Å²) in [6.45, 7) is 0. The molecule has 6 heteroatoms. The standard InChI is InChI=1S/C10H2N4O2/c11-1-5(2-12)7-8(6(3-13)4-14)10(16)9(7)15/h11,13H. The molecule has 0 radical (unpaired) electrons. The highest BCUT2D eigenvalue weighted by atomic mass is 16.2. The number of nitrogens with zero attached hydrogens (tertiary/aromatic N) is 2. The average molecular weight is 210 g/mol. The number of allylic oxidation sites excluding steroid dienone is 2. The zero-order valence-corrected chi connectivity index (χ0v) is 7.71. The van der Waals surface area contributed by atoms with Gasteiger partial charge in [-0.3, -0.25) is 20.4 Å². The highest BCUT2D eigenvalue weighted by Crippen LogP contribution is 2.17. The molecule has 1 aromatic rings. The third kappa shape index (κ3) is 1.30. The van der Waals surface area contributed by atoms with Gasteiger partial charge < -0.3 is 0 Å². The maximum absolute atomic E-state index is 11.2.